The summed E-state index contributed by atoms with van der Waals surface area (Å²) in [6, 6.07) is 2.15. The van der Waals surface area contributed by atoms with Gasteiger partial charge in [0, 0.05) is 25.2 Å². The summed E-state index contributed by atoms with van der Waals surface area (Å²) in [7, 11) is 0. The van der Waals surface area contributed by atoms with Crippen molar-refractivity contribution in [3.63, 3.8) is 0 Å². The number of anilines is 1. The van der Waals surface area contributed by atoms with Crippen LogP contribution in [-0.4, -0.2) is 35.1 Å². The van der Waals surface area contributed by atoms with Gasteiger partial charge < -0.3 is 10.2 Å². The lowest BCUT2D eigenvalue weighted by Gasteiger charge is -2.36. The van der Waals surface area contributed by atoms with Gasteiger partial charge in [-0.15, -0.1) is 11.3 Å². The van der Waals surface area contributed by atoms with Crippen molar-refractivity contribution < 1.29 is 0 Å². The Balaban J connectivity index is 1.82. The lowest BCUT2D eigenvalue weighted by molar-refractivity contribution is 0.356. The number of thiophene rings is 1. The van der Waals surface area contributed by atoms with E-state index in [9.17, 15) is 0 Å². The van der Waals surface area contributed by atoms with Gasteiger partial charge in [-0.1, -0.05) is 0 Å². The molecule has 2 aromatic rings. The fourth-order valence-electron chi connectivity index (χ4n) is 3.77. The molecule has 0 spiro atoms. The average molecular weight is 274 g/mol. The molecule has 4 heterocycles. The van der Waals surface area contributed by atoms with Gasteiger partial charge in [0.15, 0.2) is 0 Å². The third-order valence-electron chi connectivity index (χ3n) is 4.86. The highest BCUT2D eigenvalue weighted by atomic mass is 32.1. The SMILES string of the molecule is CC1(C)C2CNCC2CN1c1ncnc2sccc12. The molecule has 2 aromatic heterocycles. The Morgan fingerprint density at radius 3 is 3.11 bits per heavy atom. The maximum absolute atomic E-state index is 4.59. The molecule has 4 nitrogen and oxygen atoms in total. The summed E-state index contributed by atoms with van der Waals surface area (Å²) >= 11 is 1.69. The number of nitrogens with one attached hydrogen (secondary N) is 1. The van der Waals surface area contributed by atoms with Gasteiger partial charge in [-0.2, -0.15) is 0 Å². The summed E-state index contributed by atoms with van der Waals surface area (Å²) in [5, 5.41) is 6.83. The van der Waals surface area contributed by atoms with E-state index in [1.165, 1.54) is 5.39 Å². The van der Waals surface area contributed by atoms with Gasteiger partial charge in [-0.05, 0) is 37.1 Å². The third kappa shape index (κ3) is 1.55. The van der Waals surface area contributed by atoms with Crippen molar-refractivity contribution in [2.75, 3.05) is 24.5 Å². The molecule has 2 unspecified atom stereocenters. The molecule has 19 heavy (non-hydrogen) atoms. The van der Waals surface area contributed by atoms with Gasteiger partial charge in [-0.3, -0.25) is 0 Å². The Kier molecular flexibility index (Phi) is 2.38. The van der Waals surface area contributed by atoms with E-state index < -0.39 is 0 Å². The minimum absolute atomic E-state index is 0.164. The second-order valence-corrected chi connectivity index (χ2v) is 7.02. The van der Waals surface area contributed by atoms with E-state index in [4.69, 9.17) is 0 Å². The predicted molar refractivity (Wildman–Crippen MR) is 78.7 cm³/mol. The molecule has 100 valence electrons. The first-order valence-corrected chi connectivity index (χ1v) is 7.72. The minimum Gasteiger partial charge on any atom is -0.350 e. The average Bonchev–Trinajstić information content (AvgIpc) is 3.06. The van der Waals surface area contributed by atoms with E-state index in [-0.39, 0.29) is 5.54 Å². The molecule has 2 atom stereocenters. The van der Waals surface area contributed by atoms with Gasteiger partial charge in [0.1, 0.15) is 17.0 Å². The zero-order valence-electron chi connectivity index (χ0n) is 11.3. The fourth-order valence-corrected chi connectivity index (χ4v) is 4.50. The molecule has 2 aliphatic heterocycles. The van der Waals surface area contributed by atoms with Crippen LogP contribution in [0, 0.1) is 11.8 Å². The van der Waals surface area contributed by atoms with Crippen LogP contribution in [0.15, 0.2) is 17.8 Å². The molecule has 5 heteroatoms. The van der Waals surface area contributed by atoms with Crippen molar-refractivity contribution in [1.82, 2.24) is 15.3 Å². The minimum atomic E-state index is 0.164. The van der Waals surface area contributed by atoms with Crippen LogP contribution in [0.3, 0.4) is 0 Å². The largest absolute Gasteiger partial charge is 0.350 e. The number of nitrogens with zero attached hydrogens (tertiary/aromatic N) is 3. The zero-order valence-corrected chi connectivity index (χ0v) is 12.1. The molecule has 0 radical (unpaired) electrons. The molecule has 1 N–H and O–H groups in total. The summed E-state index contributed by atoms with van der Waals surface area (Å²) in [4.78, 5) is 12.5. The van der Waals surface area contributed by atoms with Gasteiger partial charge in [0.25, 0.3) is 0 Å². The van der Waals surface area contributed by atoms with Crippen LogP contribution in [0.4, 0.5) is 5.82 Å². The summed E-state index contributed by atoms with van der Waals surface area (Å²) in [6.45, 7) is 8.08. The highest BCUT2D eigenvalue weighted by Crippen LogP contribution is 2.44. The maximum atomic E-state index is 4.59. The zero-order chi connectivity index (χ0) is 13.0. The molecule has 2 fully saturated rings. The molecule has 0 bridgehead atoms. The highest BCUT2D eigenvalue weighted by molar-refractivity contribution is 7.16. The van der Waals surface area contributed by atoms with Crippen LogP contribution in [0.5, 0.6) is 0 Å². The molecular weight excluding hydrogens is 256 g/mol. The van der Waals surface area contributed by atoms with Gasteiger partial charge in [0.2, 0.25) is 0 Å². The normalized spacial score (nSPS) is 29.1. The topological polar surface area (TPSA) is 41.0 Å². The van der Waals surface area contributed by atoms with Crippen LogP contribution >= 0.6 is 11.3 Å². The Bertz CT molecular complexity index is 621. The van der Waals surface area contributed by atoms with E-state index in [1.54, 1.807) is 17.7 Å². The quantitative estimate of drug-likeness (QED) is 0.865. The third-order valence-corrected chi connectivity index (χ3v) is 5.68. The summed E-state index contributed by atoms with van der Waals surface area (Å²) in [5.74, 6) is 2.58. The molecule has 2 aliphatic rings. The lowest BCUT2D eigenvalue weighted by atomic mass is 9.85. The Morgan fingerprint density at radius 2 is 2.26 bits per heavy atom. The number of hydrogen-bond donors (Lipinski definition) is 1. The summed E-state index contributed by atoms with van der Waals surface area (Å²) < 4.78 is 0. The van der Waals surface area contributed by atoms with E-state index in [2.05, 4.69) is 45.5 Å². The van der Waals surface area contributed by atoms with Crippen molar-refractivity contribution in [3.05, 3.63) is 17.8 Å². The van der Waals surface area contributed by atoms with Crippen LogP contribution < -0.4 is 10.2 Å². The second-order valence-electron chi connectivity index (χ2n) is 6.13. The summed E-state index contributed by atoms with van der Waals surface area (Å²) in [5.41, 5.74) is 0.164. The summed E-state index contributed by atoms with van der Waals surface area (Å²) in [6.07, 6.45) is 1.70. The fraction of sp³-hybridized carbons (Fsp3) is 0.571. The first kappa shape index (κ1) is 11.6. The van der Waals surface area contributed by atoms with Crippen molar-refractivity contribution in [1.29, 1.82) is 0 Å². The Morgan fingerprint density at radius 1 is 1.37 bits per heavy atom. The Hall–Kier alpha value is -1.20. The monoisotopic (exact) mass is 274 g/mol. The second kappa shape index (κ2) is 3.90. The molecule has 0 aromatic carbocycles. The first-order chi connectivity index (χ1) is 9.18. The molecular formula is C14H18N4S. The van der Waals surface area contributed by atoms with E-state index >= 15 is 0 Å². The molecule has 4 rings (SSSR count). The van der Waals surface area contributed by atoms with Crippen molar-refractivity contribution in [2.24, 2.45) is 11.8 Å². The van der Waals surface area contributed by atoms with Gasteiger partial charge >= 0.3 is 0 Å². The standard InChI is InChI=1S/C14H18N4S/c1-14(2)11-6-15-5-9(11)7-18(14)12-10-3-4-19-13(10)17-8-16-12/h3-4,8-9,11,15H,5-7H2,1-2H3. The van der Waals surface area contributed by atoms with E-state index in [0.717, 1.165) is 42.1 Å². The molecule has 2 saturated heterocycles. The molecule has 0 amide bonds. The number of hydrogen-bond acceptors (Lipinski definition) is 5. The smallest absolute Gasteiger partial charge is 0.141 e. The maximum Gasteiger partial charge on any atom is 0.141 e. The van der Waals surface area contributed by atoms with E-state index in [0.29, 0.717) is 0 Å². The van der Waals surface area contributed by atoms with Crippen LogP contribution in [-0.2, 0) is 0 Å². The van der Waals surface area contributed by atoms with Crippen molar-refractivity contribution >= 4 is 27.4 Å². The predicted octanol–water partition coefficient (Wildman–Crippen LogP) is 2.13. The Labute approximate surface area is 116 Å². The lowest BCUT2D eigenvalue weighted by Crippen LogP contribution is -2.45. The van der Waals surface area contributed by atoms with Gasteiger partial charge in [0.05, 0.1) is 5.39 Å². The van der Waals surface area contributed by atoms with Gasteiger partial charge in [-0.25, -0.2) is 9.97 Å². The van der Waals surface area contributed by atoms with Crippen molar-refractivity contribution in [3.8, 4) is 0 Å². The van der Waals surface area contributed by atoms with Crippen molar-refractivity contribution in [2.45, 2.75) is 19.4 Å². The van der Waals surface area contributed by atoms with Crippen LogP contribution in [0.25, 0.3) is 10.2 Å². The molecule has 0 aliphatic carbocycles. The number of aromatic nitrogens is 2. The molecule has 0 saturated carbocycles. The first-order valence-electron chi connectivity index (χ1n) is 6.84. The van der Waals surface area contributed by atoms with Crippen LogP contribution in [0.2, 0.25) is 0 Å². The highest BCUT2D eigenvalue weighted by Gasteiger charge is 2.50. The van der Waals surface area contributed by atoms with E-state index in [1.807, 2.05) is 0 Å². The van der Waals surface area contributed by atoms with Crippen LogP contribution in [0.1, 0.15) is 13.8 Å². The number of fused-ring (bicyclic) bond motifs is 2. The number of rotatable bonds is 1.